The molecule has 0 heterocycles. The summed E-state index contributed by atoms with van der Waals surface area (Å²) in [5, 5.41) is 18.9. The van der Waals surface area contributed by atoms with Gasteiger partial charge in [-0.15, -0.1) is 5.11 Å². The Morgan fingerprint density at radius 1 is 1.40 bits per heavy atom. The number of benzene rings is 1. The van der Waals surface area contributed by atoms with E-state index in [1.165, 1.54) is 12.1 Å². The van der Waals surface area contributed by atoms with Crippen LogP contribution in [0.2, 0.25) is 0 Å². The van der Waals surface area contributed by atoms with Crippen molar-refractivity contribution < 1.29 is 39.5 Å². The fourth-order valence-electron chi connectivity index (χ4n) is 0.841. The molecule has 15 heavy (non-hydrogen) atoms. The molecule has 0 unspecified atom stereocenters. The maximum Gasteiger partial charge on any atom is 1.00 e. The van der Waals surface area contributed by atoms with Crippen molar-refractivity contribution >= 4 is 11.7 Å². The van der Waals surface area contributed by atoms with E-state index < -0.39 is 5.97 Å². The smallest absolute Gasteiger partial charge is 0.548 e. The zero-order chi connectivity index (χ0) is 10.4. The molecular weight excluding hydrogens is 205 g/mol. The molecule has 0 aliphatic heterocycles. The molecule has 0 saturated heterocycles. The van der Waals surface area contributed by atoms with Crippen LogP contribution < -0.4 is 34.7 Å². The minimum absolute atomic E-state index is 0. The molecule has 0 aliphatic carbocycles. The summed E-state index contributed by atoms with van der Waals surface area (Å²) in [6, 6.07) is 9.07. The predicted molar refractivity (Wildman–Crippen MR) is 48.6 cm³/mol. The number of hydrogen-bond acceptors (Lipinski definition) is 4. The van der Waals surface area contributed by atoms with Gasteiger partial charge in [-0.3, -0.25) is 5.01 Å². The summed E-state index contributed by atoms with van der Waals surface area (Å²) in [6.45, 7) is -0.268. The second-order valence-corrected chi connectivity index (χ2v) is 2.71. The fraction of sp³-hybridized carbons (Fsp3) is 0.222. The van der Waals surface area contributed by atoms with Crippen molar-refractivity contribution in [3.05, 3.63) is 30.3 Å². The van der Waals surface area contributed by atoms with E-state index in [2.05, 4.69) is 10.3 Å². The van der Waals surface area contributed by atoms with Gasteiger partial charge < -0.3 is 9.90 Å². The Morgan fingerprint density at radius 3 is 2.53 bits per heavy atom. The number of carboxylic acid groups (broad SMARTS) is 1. The topological polar surface area (TPSA) is 68.1 Å². The quantitative estimate of drug-likeness (QED) is 0.313. The van der Waals surface area contributed by atoms with Gasteiger partial charge in [-0.1, -0.05) is 23.4 Å². The molecule has 0 fully saturated rings. The third kappa shape index (κ3) is 6.22. The Labute approximate surface area is 110 Å². The summed E-state index contributed by atoms with van der Waals surface area (Å²) in [5.74, 6) is -1.18. The predicted octanol–water partition coefficient (Wildman–Crippen LogP) is -2.63. The van der Waals surface area contributed by atoms with Gasteiger partial charge in [0.2, 0.25) is 0 Å². The fourth-order valence-corrected chi connectivity index (χ4v) is 0.841. The minimum Gasteiger partial charge on any atom is -0.548 e. The van der Waals surface area contributed by atoms with E-state index in [0.717, 1.165) is 0 Å². The Hall–Kier alpha value is -0.910. The molecule has 1 rings (SSSR count). The number of aliphatic carboxylic acids is 1. The molecule has 0 aromatic heterocycles. The number of carboxylic acids is 1. The van der Waals surface area contributed by atoms with Gasteiger partial charge in [-0.2, -0.15) is 0 Å². The van der Waals surface area contributed by atoms with Gasteiger partial charge in [0.25, 0.3) is 0 Å². The van der Waals surface area contributed by atoms with Crippen LogP contribution in [0.5, 0.6) is 0 Å². The second kappa shape index (κ2) is 7.39. The molecule has 0 amide bonds. The van der Waals surface area contributed by atoms with E-state index in [-0.39, 0.29) is 36.1 Å². The van der Waals surface area contributed by atoms with Crippen LogP contribution in [0, 0.1) is 0 Å². The normalized spacial score (nSPS) is 9.67. The molecule has 1 aromatic rings. The Balaban J connectivity index is 0.00000196. The summed E-state index contributed by atoms with van der Waals surface area (Å²) < 4.78 is 0. The van der Waals surface area contributed by atoms with Crippen LogP contribution in [-0.2, 0) is 4.79 Å². The zero-order valence-electron chi connectivity index (χ0n) is 8.75. The van der Waals surface area contributed by atoms with E-state index in [9.17, 15) is 9.90 Å². The van der Waals surface area contributed by atoms with Gasteiger partial charge in [0.15, 0.2) is 0 Å². The molecule has 0 bridgehead atoms. The summed E-state index contributed by atoms with van der Waals surface area (Å²) in [6.07, 6.45) is 0. The van der Waals surface area contributed by atoms with Crippen molar-refractivity contribution in [3.8, 4) is 0 Å². The number of hydrogen-bond donors (Lipinski definition) is 0. The van der Waals surface area contributed by atoms with E-state index in [1.54, 1.807) is 12.1 Å². The van der Waals surface area contributed by atoms with Crippen LogP contribution in [0.15, 0.2) is 40.7 Å². The number of carbonyl (C=O) groups excluding carboxylic acids is 1. The average molecular weight is 215 g/mol. The molecule has 0 saturated carbocycles. The van der Waals surface area contributed by atoms with Gasteiger partial charge in [0.05, 0.1) is 18.2 Å². The van der Waals surface area contributed by atoms with Crippen LogP contribution >= 0.6 is 0 Å². The third-order valence-corrected chi connectivity index (χ3v) is 1.43. The van der Waals surface area contributed by atoms with Gasteiger partial charge in [0, 0.05) is 7.05 Å². The molecule has 5 nitrogen and oxygen atoms in total. The van der Waals surface area contributed by atoms with E-state index >= 15 is 0 Å². The van der Waals surface area contributed by atoms with E-state index in [4.69, 9.17) is 0 Å². The molecule has 0 N–H and O–H groups in total. The van der Waals surface area contributed by atoms with Crippen molar-refractivity contribution in [3.63, 3.8) is 0 Å². The summed E-state index contributed by atoms with van der Waals surface area (Å²) >= 11 is 0. The van der Waals surface area contributed by atoms with Crippen LogP contribution in [0.25, 0.3) is 0 Å². The Morgan fingerprint density at radius 2 is 2.00 bits per heavy atom. The summed E-state index contributed by atoms with van der Waals surface area (Å²) in [4.78, 5) is 10.2. The van der Waals surface area contributed by atoms with Crippen LogP contribution in [0.3, 0.4) is 0 Å². The number of carbonyl (C=O) groups is 1. The number of nitrogens with zero attached hydrogens (tertiary/aromatic N) is 3. The largest absolute Gasteiger partial charge is 1.00 e. The van der Waals surface area contributed by atoms with Gasteiger partial charge in [-0.25, -0.2) is 0 Å². The molecule has 0 atom stereocenters. The first-order valence-electron chi connectivity index (χ1n) is 4.06. The molecule has 6 heteroatoms. The van der Waals surface area contributed by atoms with Crippen molar-refractivity contribution in [1.29, 1.82) is 0 Å². The summed E-state index contributed by atoms with van der Waals surface area (Å²) in [5.41, 5.74) is 0.678. The zero-order valence-corrected chi connectivity index (χ0v) is 10.8. The van der Waals surface area contributed by atoms with Crippen LogP contribution in [0.4, 0.5) is 5.69 Å². The molecule has 1 aromatic carbocycles. The SMILES string of the molecule is CN(CC(=O)[O-])N=Nc1ccccc1.[Na+]. The monoisotopic (exact) mass is 215 g/mol. The van der Waals surface area contributed by atoms with Crippen molar-refractivity contribution in [1.82, 2.24) is 5.01 Å². The number of likely N-dealkylation sites (N-methyl/N-ethyl adjacent to an activating group) is 1. The van der Waals surface area contributed by atoms with Gasteiger partial charge in [0.1, 0.15) is 0 Å². The van der Waals surface area contributed by atoms with Crippen LogP contribution in [0.1, 0.15) is 0 Å². The summed E-state index contributed by atoms with van der Waals surface area (Å²) in [7, 11) is 1.52. The molecule has 0 aliphatic rings. The molecule has 0 radical (unpaired) electrons. The maximum atomic E-state index is 10.2. The second-order valence-electron chi connectivity index (χ2n) is 2.71. The first-order chi connectivity index (χ1) is 6.68. The van der Waals surface area contributed by atoms with Crippen molar-refractivity contribution in [2.24, 2.45) is 10.3 Å². The first-order valence-corrected chi connectivity index (χ1v) is 4.06. The molecular formula is C9H10N3NaO2. The Bertz CT molecular complexity index is 329. The Kier molecular flexibility index (Phi) is 6.94. The molecule has 0 spiro atoms. The molecule has 74 valence electrons. The van der Waals surface area contributed by atoms with Crippen molar-refractivity contribution in [2.75, 3.05) is 13.6 Å². The van der Waals surface area contributed by atoms with Gasteiger partial charge >= 0.3 is 29.6 Å². The van der Waals surface area contributed by atoms with Gasteiger partial charge in [-0.05, 0) is 12.1 Å². The minimum atomic E-state index is -1.18. The first kappa shape index (κ1) is 14.1. The number of rotatable bonds is 4. The van der Waals surface area contributed by atoms with Crippen LogP contribution in [-0.4, -0.2) is 24.6 Å². The third-order valence-electron chi connectivity index (χ3n) is 1.43. The van der Waals surface area contributed by atoms with E-state index in [0.29, 0.717) is 5.69 Å². The van der Waals surface area contributed by atoms with E-state index in [1.807, 2.05) is 18.2 Å². The maximum absolute atomic E-state index is 10.2. The standard InChI is InChI=1S/C9H11N3O2.Na/c1-12(7-9(13)14)11-10-8-5-3-2-4-6-8;/h2-6H,7H2,1H3,(H,13,14);/q;+1/p-1. The average Bonchev–Trinajstić information content (AvgIpc) is 2.15. The van der Waals surface area contributed by atoms with Crippen molar-refractivity contribution in [2.45, 2.75) is 0 Å².